The van der Waals surface area contributed by atoms with Crippen LogP contribution in [0.4, 0.5) is 0 Å². The zero-order valence-electron chi connectivity index (χ0n) is 14.1. The van der Waals surface area contributed by atoms with E-state index < -0.39 is 0 Å². The molecule has 1 aliphatic heterocycles. The maximum absolute atomic E-state index is 12.7. The Morgan fingerprint density at radius 1 is 1.39 bits per heavy atom. The van der Waals surface area contributed by atoms with Crippen molar-refractivity contribution in [2.24, 2.45) is 24.3 Å². The molecule has 126 valence electrons. The van der Waals surface area contributed by atoms with Gasteiger partial charge in [-0.3, -0.25) is 9.69 Å². The maximum Gasteiger partial charge on any atom is 0.223 e. The third kappa shape index (κ3) is 3.03. The minimum absolute atomic E-state index is 0.228. The van der Waals surface area contributed by atoms with Gasteiger partial charge in [-0.1, -0.05) is 6.42 Å². The van der Waals surface area contributed by atoms with Crippen LogP contribution < -0.4 is 5.32 Å². The molecule has 1 N–H and O–H groups in total. The van der Waals surface area contributed by atoms with E-state index >= 15 is 0 Å². The first-order valence-corrected chi connectivity index (χ1v) is 9.12. The highest BCUT2D eigenvalue weighted by atomic mass is 16.1. The molecule has 2 saturated carbocycles. The fourth-order valence-electron chi connectivity index (χ4n) is 4.61. The number of hydrogen-bond donors (Lipinski definition) is 1. The van der Waals surface area contributed by atoms with Crippen molar-refractivity contribution in [1.29, 1.82) is 0 Å². The summed E-state index contributed by atoms with van der Waals surface area (Å²) in [6.45, 7) is 4.04. The van der Waals surface area contributed by atoms with Gasteiger partial charge in [0.05, 0.1) is 12.0 Å². The largest absolute Gasteiger partial charge is 0.356 e. The number of nitrogens with zero attached hydrogens (tertiary/aromatic N) is 3. The van der Waals surface area contributed by atoms with Crippen LogP contribution in [0.15, 0.2) is 12.5 Å². The summed E-state index contributed by atoms with van der Waals surface area (Å²) in [4.78, 5) is 19.4. The quantitative estimate of drug-likeness (QED) is 0.903. The van der Waals surface area contributed by atoms with Crippen molar-refractivity contribution in [3.63, 3.8) is 0 Å². The second kappa shape index (κ2) is 5.93. The molecule has 2 aliphatic carbocycles. The SMILES string of the molecule is Cn1cncc1CN1CC[C@]2(CCC[C@H]2C(=O)NCC2CC2)C1. The average Bonchev–Trinajstić information content (AvgIpc) is 2.94. The molecule has 1 spiro atoms. The number of nitrogens with one attached hydrogen (secondary N) is 1. The highest BCUT2D eigenvalue weighted by Crippen LogP contribution is 2.50. The van der Waals surface area contributed by atoms with Crippen LogP contribution in [0.1, 0.15) is 44.2 Å². The van der Waals surface area contributed by atoms with E-state index in [9.17, 15) is 4.79 Å². The van der Waals surface area contributed by atoms with Crippen molar-refractivity contribution in [1.82, 2.24) is 19.8 Å². The highest BCUT2D eigenvalue weighted by Gasteiger charge is 2.50. The van der Waals surface area contributed by atoms with Gasteiger partial charge in [0, 0.05) is 38.8 Å². The van der Waals surface area contributed by atoms with Gasteiger partial charge < -0.3 is 9.88 Å². The number of rotatable bonds is 5. The van der Waals surface area contributed by atoms with Crippen molar-refractivity contribution in [3.8, 4) is 0 Å². The molecule has 1 amide bonds. The van der Waals surface area contributed by atoms with Gasteiger partial charge in [-0.2, -0.15) is 0 Å². The van der Waals surface area contributed by atoms with Gasteiger partial charge in [-0.05, 0) is 50.0 Å². The van der Waals surface area contributed by atoms with E-state index in [4.69, 9.17) is 0 Å². The summed E-state index contributed by atoms with van der Waals surface area (Å²) in [7, 11) is 2.05. The summed E-state index contributed by atoms with van der Waals surface area (Å²) >= 11 is 0. The summed E-state index contributed by atoms with van der Waals surface area (Å²) in [5.41, 5.74) is 1.49. The van der Waals surface area contributed by atoms with E-state index in [-0.39, 0.29) is 11.3 Å². The minimum Gasteiger partial charge on any atom is -0.356 e. The van der Waals surface area contributed by atoms with Crippen molar-refractivity contribution < 1.29 is 4.79 Å². The predicted molar refractivity (Wildman–Crippen MR) is 88.6 cm³/mol. The van der Waals surface area contributed by atoms with Crippen LogP contribution in [0.5, 0.6) is 0 Å². The molecule has 4 rings (SSSR count). The first kappa shape index (κ1) is 15.2. The van der Waals surface area contributed by atoms with Crippen LogP contribution in [0.3, 0.4) is 0 Å². The van der Waals surface area contributed by atoms with Crippen molar-refractivity contribution >= 4 is 5.91 Å². The summed E-state index contributed by atoms with van der Waals surface area (Å²) < 4.78 is 2.10. The zero-order chi connectivity index (χ0) is 15.9. The molecule has 3 aliphatic rings. The Morgan fingerprint density at radius 2 is 2.26 bits per heavy atom. The number of amides is 1. The zero-order valence-corrected chi connectivity index (χ0v) is 14.1. The molecule has 0 aromatic carbocycles. The van der Waals surface area contributed by atoms with Crippen LogP contribution in [0, 0.1) is 17.3 Å². The van der Waals surface area contributed by atoms with E-state index in [1.165, 1.54) is 37.8 Å². The monoisotopic (exact) mass is 316 g/mol. The maximum atomic E-state index is 12.7. The third-order valence-electron chi connectivity index (χ3n) is 6.25. The van der Waals surface area contributed by atoms with E-state index in [2.05, 4.69) is 26.8 Å². The number of aryl methyl sites for hydroxylation is 1. The molecule has 2 atom stereocenters. The van der Waals surface area contributed by atoms with Crippen LogP contribution in [-0.4, -0.2) is 40.0 Å². The lowest BCUT2D eigenvalue weighted by Gasteiger charge is -2.30. The summed E-state index contributed by atoms with van der Waals surface area (Å²) in [5, 5.41) is 3.24. The first-order chi connectivity index (χ1) is 11.2. The second-order valence-corrected chi connectivity index (χ2v) is 7.95. The molecule has 5 heteroatoms. The Balaban J connectivity index is 1.39. The van der Waals surface area contributed by atoms with Crippen LogP contribution in [-0.2, 0) is 18.4 Å². The molecule has 3 fully saturated rings. The molecule has 0 bridgehead atoms. The summed E-state index contributed by atoms with van der Waals surface area (Å²) in [6.07, 6.45) is 11.1. The van der Waals surface area contributed by atoms with Crippen molar-refractivity contribution in [2.45, 2.75) is 45.1 Å². The topological polar surface area (TPSA) is 50.2 Å². The van der Waals surface area contributed by atoms with Gasteiger partial charge in [0.15, 0.2) is 0 Å². The Kier molecular flexibility index (Phi) is 3.92. The molecular weight excluding hydrogens is 288 g/mol. The Labute approximate surface area is 138 Å². The lowest BCUT2D eigenvalue weighted by Crippen LogP contribution is -2.41. The molecule has 23 heavy (non-hydrogen) atoms. The highest BCUT2D eigenvalue weighted by molar-refractivity contribution is 5.80. The van der Waals surface area contributed by atoms with E-state index in [1.807, 2.05) is 12.5 Å². The van der Waals surface area contributed by atoms with E-state index in [0.717, 1.165) is 38.5 Å². The van der Waals surface area contributed by atoms with E-state index in [0.29, 0.717) is 5.91 Å². The Hall–Kier alpha value is -1.36. The molecule has 1 saturated heterocycles. The molecule has 1 aromatic heterocycles. The predicted octanol–water partition coefficient (Wildman–Crippen LogP) is 1.94. The van der Waals surface area contributed by atoms with Gasteiger partial charge in [0.1, 0.15) is 0 Å². The Bertz CT molecular complexity index is 579. The van der Waals surface area contributed by atoms with E-state index in [1.54, 1.807) is 0 Å². The van der Waals surface area contributed by atoms with Crippen LogP contribution in [0.2, 0.25) is 0 Å². The number of carbonyl (C=O) groups is 1. The number of likely N-dealkylation sites (tertiary alicyclic amines) is 1. The minimum atomic E-state index is 0.228. The molecule has 0 radical (unpaired) electrons. The van der Waals surface area contributed by atoms with Gasteiger partial charge >= 0.3 is 0 Å². The number of aromatic nitrogens is 2. The lowest BCUT2D eigenvalue weighted by molar-refractivity contribution is -0.128. The van der Waals surface area contributed by atoms with Crippen LogP contribution >= 0.6 is 0 Å². The van der Waals surface area contributed by atoms with Gasteiger partial charge in [0.2, 0.25) is 5.91 Å². The lowest BCUT2D eigenvalue weighted by atomic mass is 9.76. The van der Waals surface area contributed by atoms with Gasteiger partial charge in [-0.25, -0.2) is 4.98 Å². The molecule has 1 aromatic rings. The molecular formula is C18H28N4O. The molecule has 5 nitrogen and oxygen atoms in total. The fraction of sp³-hybridized carbons (Fsp3) is 0.778. The normalized spacial score (nSPS) is 31.1. The smallest absolute Gasteiger partial charge is 0.223 e. The first-order valence-electron chi connectivity index (χ1n) is 9.12. The van der Waals surface area contributed by atoms with Crippen molar-refractivity contribution in [3.05, 3.63) is 18.2 Å². The van der Waals surface area contributed by atoms with Crippen LogP contribution in [0.25, 0.3) is 0 Å². The second-order valence-electron chi connectivity index (χ2n) is 7.95. The standard InChI is InChI=1S/C18H28N4O/c1-21-13-19-10-15(21)11-22-8-7-18(12-22)6-2-3-16(18)17(23)20-9-14-4-5-14/h10,13-14,16H,2-9,11-12H2,1H3,(H,20,23)/t16-,18+/m0/s1. The summed E-state index contributed by atoms with van der Waals surface area (Å²) in [6, 6.07) is 0. The number of hydrogen-bond acceptors (Lipinski definition) is 3. The third-order valence-corrected chi connectivity index (χ3v) is 6.25. The van der Waals surface area contributed by atoms with Crippen molar-refractivity contribution in [2.75, 3.05) is 19.6 Å². The average molecular weight is 316 g/mol. The molecule has 2 heterocycles. The fourth-order valence-corrected chi connectivity index (χ4v) is 4.61. The number of carbonyl (C=O) groups excluding carboxylic acids is 1. The van der Waals surface area contributed by atoms with Gasteiger partial charge in [0.25, 0.3) is 0 Å². The summed E-state index contributed by atoms with van der Waals surface area (Å²) in [5.74, 6) is 1.33. The van der Waals surface area contributed by atoms with Gasteiger partial charge in [-0.15, -0.1) is 0 Å². The molecule has 0 unspecified atom stereocenters. The number of imidazole rings is 1. The Morgan fingerprint density at radius 3 is 3.00 bits per heavy atom.